The number of rotatable bonds is 7. The monoisotopic (exact) mass is 426 g/mol. The fourth-order valence-electron chi connectivity index (χ4n) is 4.61. The lowest BCUT2D eigenvalue weighted by Crippen LogP contribution is -2.50. The van der Waals surface area contributed by atoms with Crippen LogP contribution in [0.25, 0.3) is 0 Å². The molecular formula is C20H30N2O6S. The summed E-state index contributed by atoms with van der Waals surface area (Å²) in [5, 5.41) is 19.1. The van der Waals surface area contributed by atoms with Gasteiger partial charge < -0.3 is 14.9 Å². The van der Waals surface area contributed by atoms with Gasteiger partial charge in [0.15, 0.2) is 0 Å². The van der Waals surface area contributed by atoms with Gasteiger partial charge in [0.25, 0.3) is 0 Å². The van der Waals surface area contributed by atoms with Crippen molar-refractivity contribution in [1.82, 2.24) is 9.62 Å². The van der Waals surface area contributed by atoms with Gasteiger partial charge in [0.05, 0.1) is 37.7 Å². The van der Waals surface area contributed by atoms with Crippen LogP contribution in [-0.2, 0) is 14.8 Å². The number of nitrogens with zero attached hydrogens (tertiary/aromatic N) is 1. The lowest BCUT2D eigenvalue weighted by molar-refractivity contribution is -0.0100. The van der Waals surface area contributed by atoms with Crippen LogP contribution in [0.4, 0.5) is 4.79 Å². The maximum atomic E-state index is 11.7. The van der Waals surface area contributed by atoms with Crippen molar-refractivity contribution in [3.63, 3.8) is 0 Å². The summed E-state index contributed by atoms with van der Waals surface area (Å²) in [6.07, 6.45) is 3.90. The summed E-state index contributed by atoms with van der Waals surface area (Å²) in [6, 6.07) is 8.47. The number of aliphatic hydroxyl groups is 1. The van der Waals surface area contributed by atoms with E-state index in [1.807, 2.05) is 18.2 Å². The van der Waals surface area contributed by atoms with Crippen molar-refractivity contribution in [3.05, 3.63) is 35.9 Å². The SMILES string of the molecule is CS(=O)(=O)NC1CC(CO)N(C(=O)O)C1CO[C@H]1CC[C@@H](c2ccccc2)CC1. The number of hydrogen-bond donors (Lipinski definition) is 3. The van der Waals surface area contributed by atoms with Crippen molar-refractivity contribution < 1.29 is 28.2 Å². The van der Waals surface area contributed by atoms with Crippen molar-refractivity contribution in [1.29, 1.82) is 0 Å². The van der Waals surface area contributed by atoms with Crippen LogP contribution in [0.15, 0.2) is 30.3 Å². The molecule has 0 bridgehead atoms. The summed E-state index contributed by atoms with van der Waals surface area (Å²) in [5.74, 6) is 0.511. The van der Waals surface area contributed by atoms with Gasteiger partial charge in [0.1, 0.15) is 0 Å². The molecule has 3 unspecified atom stereocenters. The van der Waals surface area contributed by atoms with E-state index < -0.39 is 34.2 Å². The molecule has 1 aliphatic carbocycles. The van der Waals surface area contributed by atoms with Crippen molar-refractivity contribution in [2.24, 2.45) is 0 Å². The van der Waals surface area contributed by atoms with E-state index in [0.29, 0.717) is 5.92 Å². The second-order valence-electron chi connectivity index (χ2n) is 8.04. The van der Waals surface area contributed by atoms with E-state index in [-0.39, 0.29) is 25.7 Å². The summed E-state index contributed by atoms with van der Waals surface area (Å²) >= 11 is 0. The number of sulfonamides is 1. The smallest absolute Gasteiger partial charge is 0.408 e. The Hall–Kier alpha value is -1.68. The van der Waals surface area contributed by atoms with Crippen LogP contribution in [0.3, 0.4) is 0 Å². The number of likely N-dealkylation sites (tertiary alicyclic amines) is 1. The molecule has 162 valence electrons. The second-order valence-corrected chi connectivity index (χ2v) is 9.82. The first-order chi connectivity index (χ1) is 13.8. The van der Waals surface area contributed by atoms with E-state index in [2.05, 4.69) is 16.9 Å². The molecular weight excluding hydrogens is 396 g/mol. The first kappa shape index (κ1) is 22.0. The molecule has 8 nitrogen and oxygen atoms in total. The molecule has 1 aromatic carbocycles. The third-order valence-corrected chi connectivity index (χ3v) is 6.72. The molecule has 0 spiro atoms. The van der Waals surface area contributed by atoms with Crippen molar-refractivity contribution in [2.75, 3.05) is 19.5 Å². The van der Waals surface area contributed by atoms with Crippen LogP contribution in [0.5, 0.6) is 0 Å². The highest BCUT2D eigenvalue weighted by molar-refractivity contribution is 7.88. The average molecular weight is 427 g/mol. The van der Waals surface area contributed by atoms with Crippen LogP contribution >= 0.6 is 0 Å². The van der Waals surface area contributed by atoms with Gasteiger partial charge >= 0.3 is 6.09 Å². The number of carbonyl (C=O) groups is 1. The first-order valence-electron chi connectivity index (χ1n) is 10.0. The molecule has 0 aromatic heterocycles. The van der Waals surface area contributed by atoms with E-state index in [0.717, 1.165) is 36.8 Å². The van der Waals surface area contributed by atoms with Gasteiger partial charge in [-0.05, 0) is 43.6 Å². The van der Waals surface area contributed by atoms with Crippen LogP contribution < -0.4 is 4.72 Å². The Labute approximate surface area is 171 Å². The van der Waals surface area contributed by atoms with E-state index in [1.54, 1.807) is 0 Å². The standard InChI is InChI=1S/C20H30N2O6S/c1-29(26,27)21-18-11-16(12-23)22(20(24)25)19(18)13-28-17-9-7-15(8-10-17)14-5-3-2-4-6-14/h2-6,15-19,21,23H,7-13H2,1H3,(H,24,25)/t15-,16?,17+,18?,19?. The van der Waals surface area contributed by atoms with Gasteiger partial charge in [-0.1, -0.05) is 30.3 Å². The van der Waals surface area contributed by atoms with E-state index in [9.17, 15) is 23.4 Å². The quantitative estimate of drug-likeness (QED) is 0.612. The van der Waals surface area contributed by atoms with E-state index in [1.165, 1.54) is 5.56 Å². The van der Waals surface area contributed by atoms with E-state index >= 15 is 0 Å². The largest absolute Gasteiger partial charge is 0.465 e. The third-order valence-electron chi connectivity index (χ3n) is 5.99. The fourth-order valence-corrected chi connectivity index (χ4v) is 5.41. The molecule has 3 atom stereocenters. The Morgan fingerprint density at radius 3 is 2.41 bits per heavy atom. The molecule has 3 rings (SSSR count). The summed E-state index contributed by atoms with van der Waals surface area (Å²) in [4.78, 5) is 12.9. The first-order valence-corrected chi connectivity index (χ1v) is 11.9. The molecule has 2 aliphatic rings. The summed E-state index contributed by atoms with van der Waals surface area (Å²) < 4.78 is 32.0. The minimum absolute atomic E-state index is 0.0256. The Morgan fingerprint density at radius 1 is 1.21 bits per heavy atom. The molecule has 29 heavy (non-hydrogen) atoms. The highest BCUT2D eigenvalue weighted by Crippen LogP contribution is 2.34. The number of aliphatic hydroxyl groups excluding tert-OH is 1. The van der Waals surface area contributed by atoms with Gasteiger partial charge in [-0.3, -0.25) is 4.90 Å². The average Bonchev–Trinajstić information content (AvgIpc) is 3.03. The highest BCUT2D eigenvalue weighted by atomic mass is 32.2. The molecule has 9 heteroatoms. The van der Waals surface area contributed by atoms with Gasteiger partial charge in [-0.25, -0.2) is 17.9 Å². The van der Waals surface area contributed by atoms with E-state index in [4.69, 9.17) is 4.74 Å². The van der Waals surface area contributed by atoms with Gasteiger partial charge in [0.2, 0.25) is 10.0 Å². The number of hydrogen-bond acceptors (Lipinski definition) is 5. The van der Waals surface area contributed by atoms with Crippen LogP contribution in [-0.4, -0.2) is 73.3 Å². The molecule has 1 amide bonds. The fraction of sp³-hybridized carbons (Fsp3) is 0.650. The second kappa shape index (κ2) is 9.42. The van der Waals surface area contributed by atoms with Crippen LogP contribution in [0.1, 0.15) is 43.6 Å². The van der Waals surface area contributed by atoms with Crippen molar-refractivity contribution in [2.45, 2.75) is 62.3 Å². The normalized spacial score (nSPS) is 30.4. The molecule has 1 aliphatic heterocycles. The van der Waals surface area contributed by atoms with Crippen LogP contribution in [0, 0.1) is 0 Å². The molecule has 1 heterocycles. The Morgan fingerprint density at radius 2 is 1.86 bits per heavy atom. The van der Waals surface area contributed by atoms with Crippen LogP contribution in [0.2, 0.25) is 0 Å². The van der Waals surface area contributed by atoms with Gasteiger partial charge in [-0.2, -0.15) is 0 Å². The minimum Gasteiger partial charge on any atom is -0.465 e. The van der Waals surface area contributed by atoms with Gasteiger partial charge in [-0.15, -0.1) is 0 Å². The Kier molecular flexibility index (Phi) is 7.15. The maximum absolute atomic E-state index is 11.7. The predicted molar refractivity (Wildman–Crippen MR) is 108 cm³/mol. The maximum Gasteiger partial charge on any atom is 0.408 e. The van der Waals surface area contributed by atoms with Crippen molar-refractivity contribution in [3.8, 4) is 0 Å². The summed E-state index contributed by atoms with van der Waals surface area (Å²) in [6.45, 7) is -0.246. The molecule has 0 radical (unpaired) electrons. The third kappa shape index (κ3) is 5.69. The zero-order valence-electron chi connectivity index (χ0n) is 16.6. The molecule has 1 saturated heterocycles. The zero-order valence-corrected chi connectivity index (χ0v) is 17.4. The lowest BCUT2D eigenvalue weighted by Gasteiger charge is -2.32. The number of benzene rings is 1. The Bertz CT molecular complexity index is 779. The molecule has 3 N–H and O–H groups in total. The summed E-state index contributed by atoms with van der Waals surface area (Å²) in [7, 11) is -3.51. The number of carboxylic acid groups (broad SMARTS) is 1. The molecule has 2 fully saturated rings. The molecule has 1 aromatic rings. The summed E-state index contributed by atoms with van der Waals surface area (Å²) in [5.41, 5.74) is 1.34. The highest BCUT2D eigenvalue weighted by Gasteiger charge is 2.45. The Balaban J connectivity index is 1.60. The zero-order chi connectivity index (χ0) is 21.0. The number of ether oxygens (including phenoxy) is 1. The van der Waals surface area contributed by atoms with Crippen molar-refractivity contribution >= 4 is 16.1 Å². The van der Waals surface area contributed by atoms with Gasteiger partial charge in [0, 0.05) is 6.04 Å². The number of nitrogens with one attached hydrogen (secondary N) is 1. The molecule has 1 saturated carbocycles. The number of amides is 1. The predicted octanol–water partition coefficient (Wildman–Crippen LogP) is 1.76. The topological polar surface area (TPSA) is 116 Å². The minimum atomic E-state index is -3.51. The lowest BCUT2D eigenvalue weighted by atomic mass is 9.83.